The summed E-state index contributed by atoms with van der Waals surface area (Å²) >= 11 is 0. The van der Waals surface area contributed by atoms with E-state index in [1.54, 1.807) is 0 Å². The SMILES string of the molecule is C=CC1(NC(=C)N(C)c2cnccc2C(C)C)CC(C2=CCC=C2C)C1. The van der Waals surface area contributed by atoms with Gasteiger partial charge in [0.2, 0.25) is 0 Å². The van der Waals surface area contributed by atoms with Crippen LogP contribution in [0.2, 0.25) is 0 Å². The van der Waals surface area contributed by atoms with Gasteiger partial charge >= 0.3 is 0 Å². The summed E-state index contributed by atoms with van der Waals surface area (Å²) in [5.74, 6) is 1.96. The van der Waals surface area contributed by atoms with Crippen molar-refractivity contribution >= 4 is 5.69 Å². The van der Waals surface area contributed by atoms with Crippen LogP contribution in [0.15, 0.2) is 66.8 Å². The zero-order valence-corrected chi connectivity index (χ0v) is 16.5. The molecule has 2 aliphatic rings. The van der Waals surface area contributed by atoms with E-state index in [0.29, 0.717) is 11.8 Å². The highest BCUT2D eigenvalue weighted by atomic mass is 15.3. The fourth-order valence-corrected chi connectivity index (χ4v) is 4.17. The van der Waals surface area contributed by atoms with Gasteiger partial charge in [-0.1, -0.05) is 44.2 Å². The smallest absolute Gasteiger partial charge is 0.0988 e. The van der Waals surface area contributed by atoms with Gasteiger partial charge in [0.05, 0.1) is 23.2 Å². The average Bonchev–Trinajstić information content (AvgIpc) is 3.02. The molecule has 0 atom stereocenters. The van der Waals surface area contributed by atoms with Crippen LogP contribution in [0.1, 0.15) is 51.5 Å². The molecular formula is C23H31N3. The van der Waals surface area contributed by atoms with Crippen molar-refractivity contribution in [3.05, 3.63) is 72.4 Å². The molecule has 1 aromatic heterocycles. The summed E-state index contributed by atoms with van der Waals surface area (Å²) < 4.78 is 0. The molecule has 1 N–H and O–H groups in total. The van der Waals surface area contributed by atoms with Crippen molar-refractivity contribution in [1.29, 1.82) is 0 Å². The molecule has 3 nitrogen and oxygen atoms in total. The predicted octanol–water partition coefficient (Wildman–Crippen LogP) is 5.31. The molecule has 0 aromatic carbocycles. The molecule has 3 rings (SSSR count). The van der Waals surface area contributed by atoms with Crippen molar-refractivity contribution in [2.45, 2.75) is 51.5 Å². The number of hydrogen-bond acceptors (Lipinski definition) is 3. The van der Waals surface area contributed by atoms with Crippen LogP contribution in [-0.2, 0) is 0 Å². The Morgan fingerprint density at radius 2 is 2.12 bits per heavy atom. The molecule has 0 aliphatic heterocycles. The topological polar surface area (TPSA) is 28.2 Å². The van der Waals surface area contributed by atoms with Crippen LogP contribution >= 0.6 is 0 Å². The second-order valence-electron chi connectivity index (χ2n) is 7.97. The number of nitrogens with zero attached hydrogens (tertiary/aromatic N) is 2. The van der Waals surface area contributed by atoms with Crippen LogP contribution in [0.5, 0.6) is 0 Å². The fourth-order valence-electron chi connectivity index (χ4n) is 4.17. The highest BCUT2D eigenvalue weighted by Gasteiger charge is 2.44. The van der Waals surface area contributed by atoms with Gasteiger partial charge in [-0.05, 0) is 55.2 Å². The first-order chi connectivity index (χ1) is 12.4. The van der Waals surface area contributed by atoms with E-state index in [9.17, 15) is 0 Å². The molecular weight excluding hydrogens is 318 g/mol. The number of anilines is 1. The summed E-state index contributed by atoms with van der Waals surface area (Å²) in [7, 11) is 2.05. The van der Waals surface area contributed by atoms with Crippen LogP contribution in [0.4, 0.5) is 5.69 Å². The van der Waals surface area contributed by atoms with E-state index in [-0.39, 0.29) is 5.54 Å². The summed E-state index contributed by atoms with van der Waals surface area (Å²) in [6.45, 7) is 15.0. The Bertz CT molecular complexity index is 763. The van der Waals surface area contributed by atoms with E-state index in [4.69, 9.17) is 0 Å². The maximum absolute atomic E-state index is 4.31. The van der Waals surface area contributed by atoms with Gasteiger partial charge < -0.3 is 10.2 Å². The van der Waals surface area contributed by atoms with Gasteiger partial charge in [-0.3, -0.25) is 4.98 Å². The minimum absolute atomic E-state index is 0.0695. The lowest BCUT2D eigenvalue weighted by molar-refractivity contribution is 0.193. The maximum atomic E-state index is 4.31. The van der Waals surface area contributed by atoms with Crippen LogP contribution in [0.25, 0.3) is 0 Å². The summed E-state index contributed by atoms with van der Waals surface area (Å²) in [5, 5.41) is 3.65. The van der Waals surface area contributed by atoms with Crippen molar-refractivity contribution in [3.63, 3.8) is 0 Å². The zero-order chi connectivity index (χ0) is 18.9. The highest BCUT2D eigenvalue weighted by molar-refractivity contribution is 5.56. The van der Waals surface area contributed by atoms with Gasteiger partial charge in [0.15, 0.2) is 0 Å². The number of allylic oxidation sites excluding steroid dienone is 4. The number of hydrogen-bond donors (Lipinski definition) is 1. The van der Waals surface area contributed by atoms with E-state index in [1.165, 1.54) is 16.7 Å². The predicted molar refractivity (Wildman–Crippen MR) is 111 cm³/mol. The Hall–Kier alpha value is -2.29. The van der Waals surface area contributed by atoms with Gasteiger partial charge in [0, 0.05) is 13.2 Å². The second kappa shape index (κ2) is 7.14. The van der Waals surface area contributed by atoms with Crippen LogP contribution in [-0.4, -0.2) is 17.6 Å². The Morgan fingerprint density at radius 1 is 1.38 bits per heavy atom. The lowest BCUT2D eigenvalue weighted by atomic mass is 9.64. The van der Waals surface area contributed by atoms with E-state index in [0.717, 1.165) is 30.8 Å². The minimum Gasteiger partial charge on any atom is -0.363 e. The molecule has 2 aliphatic carbocycles. The fraction of sp³-hybridized carbons (Fsp3) is 0.435. The Kier molecular flexibility index (Phi) is 5.08. The van der Waals surface area contributed by atoms with Crippen molar-refractivity contribution in [3.8, 4) is 0 Å². The summed E-state index contributed by atoms with van der Waals surface area (Å²) in [4.78, 5) is 6.42. The molecule has 1 saturated carbocycles. The Balaban J connectivity index is 1.69. The zero-order valence-electron chi connectivity index (χ0n) is 16.5. The lowest BCUT2D eigenvalue weighted by Gasteiger charge is -2.49. The Labute approximate surface area is 158 Å². The van der Waals surface area contributed by atoms with Gasteiger partial charge in [0.25, 0.3) is 0 Å². The Morgan fingerprint density at radius 3 is 2.69 bits per heavy atom. The third-order valence-electron chi connectivity index (χ3n) is 5.88. The quantitative estimate of drug-likeness (QED) is 0.676. The van der Waals surface area contributed by atoms with Gasteiger partial charge in [0.1, 0.15) is 0 Å². The van der Waals surface area contributed by atoms with Crippen molar-refractivity contribution in [1.82, 2.24) is 10.3 Å². The molecule has 1 fully saturated rings. The van der Waals surface area contributed by atoms with Crippen molar-refractivity contribution in [2.75, 3.05) is 11.9 Å². The van der Waals surface area contributed by atoms with Crippen molar-refractivity contribution in [2.24, 2.45) is 5.92 Å². The number of pyridine rings is 1. The number of nitrogens with one attached hydrogen (secondary N) is 1. The monoisotopic (exact) mass is 349 g/mol. The highest BCUT2D eigenvalue weighted by Crippen LogP contribution is 2.47. The molecule has 0 unspecified atom stereocenters. The van der Waals surface area contributed by atoms with Gasteiger partial charge in [-0.25, -0.2) is 0 Å². The van der Waals surface area contributed by atoms with Gasteiger partial charge in [-0.15, -0.1) is 6.58 Å². The van der Waals surface area contributed by atoms with Crippen molar-refractivity contribution < 1.29 is 0 Å². The van der Waals surface area contributed by atoms with E-state index >= 15 is 0 Å². The lowest BCUT2D eigenvalue weighted by Crippen LogP contribution is -2.55. The molecule has 138 valence electrons. The number of rotatable bonds is 7. The van der Waals surface area contributed by atoms with Crippen LogP contribution in [0.3, 0.4) is 0 Å². The summed E-state index contributed by atoms with van der Waals surface area (Å²) in [6.07, 6.45) is 13.8. The first-order valence-electron chi connectivity index (χ1n) is 9.52. The van der Waals surface area contributed by atoms with Crippen LogP contribution in [0, 0.1) is 5.92 Å². The first-order valence-corrected chi connectivity index (χ1v) is 9.52. The van der Waals surface area contributed by atoms with Crippen LogP contribution < -0.4 is 10.2 Å². The van der Waals surface area contributed by atoms with E-state index in [1.807, 2.05) is 12.4 Å². The molecule has 0 saturated heterocycles. The second-order valence-corrected chi connectivity index (χ2v) is 7.97. The average molecular weight is 350 g/mol. The minimum atomic E-state index is -0.0695. The molecule has 0 spiro atoms. The molecule has 1 aromatic rings. The normalized spacial score (nSPS) is 24.6. The molecule has 1 heterocycles. The molecule has 0 radical (unpaired) electrons. The molecule has 3 heteroatoms. The number of aromatic nitrogens is 1. The first kappa shape index (κ1) is 18.5. The molecule has 0 amide bonds. The van der Waals surface area contributed by atoms with E-state index in [2.05, 4.69) is 80.5 Å². The van der Waals surface area contributed by atoms with Gasteiger partial charge in [-0.2, -0.15) is 0 Å². The largest absolute Gasteiger partial charge is 0.363 e. The summed E-state index contributed by atoms with van der Waals surface area (Å²) in [5.41, 5.74) is 5.28. The van der Waals surface area contributed by atoms with E-state index < -0.39 is 0 Å². The summed E-state index contributed by atoms with van der Waals surface area (Å²) in [6, 6.07) is 2.09. The molecule has 0 bridgehead atoms. The standard InChI is InChI=1S/C23H31N3/c1-7-23(13-19(14-23)21-10-8-9-17(21)4)25-18(5)26(6)22-15-24-12-11-20(22)16(2)3/h7,9-12,15-16,19,25H,1,5,8,13-14H2,2-4,6H3. The third-order valence-corrected chi connectivity index (χ3v) is 5.88. The molecule has 26 heavy (non-hydrogen) atoms. The maximum Gasteiger partial charge on any atom is 0.0988 e. The third kappa shape index (κ3) is 3.35.